The third kappa shape index (κ3) is 3.09. The van der Waals surface area contributed by atoms with Crippen molar-refractivity contribution in [2.75, 3.05) is 30.3 Å². The molecule has 2 N–H and O–H groups in total. The van der Waals surface area contributed by atoms with Crippen LogP contribution in [-0.2, 0) is 0 Å². The molecule has 2 heterocycles. The van der Waals surface area contributed by atoms with Gasteiger partial charge in [-0.15, -0.1) is 0 Å². The third-order valence-corrected chi connectivity index (χ3v) is 5.13. The molecule has 3 rings (SSSR count). The third-order valence-electron chi connectivity index (χ3n) is 5.13. The maximum absolute atomic E-state index is 5.95. The van der Waals surface area contributed by atoms with Crippen molar-refractivity contribution in [3.05, 3.63) is 12.1 Å². The van der Waals surface area contributed by atoms with Gasteiger partial charge in [0.2, 0.25) is 5.88 Å². The number of hydrogen-bond acceptors (Lipinski definition) is 4. The van der Waals surface area contributed by atoms with E-state index in [9.17, 15) is 0 Å². The molecule has 1 saturated carbocycles. The Hall–Kier alpha value is -1.45. The van der Waals surface area contributed by atoms with Gasteiger partial charge in [-0.1, -0.05) is 19.8 Å². The quantitative estimate of drug-likeness (QED) is 0.920. The lowest BCUT2D eigenvalue weighted by atomic mass is 9.77. The summed E-state index contributed by atoms with van der Waals surface area (Å²) < 4.78 is 5.65. The van der Waals surface area contributed by atoms with E-state index in [1.54, 1.807) is 0 Å². The highest BCUT2D eigenvalue weighted by atomic mass is 16.5. The van der Waals surface area contributed by atoms with Crippen LogP contribution in [0.3, 0.4) is 0 Å². The van der Waals surface area contributed by atoms with Gasteiger partial charge in [0.1, 0.15) is 5.82 Å². The number of nitrogens with zero attached hydrogens (tertiary/aromatic N) is 2. The van der Waals surface area contributed by atoms with Crippen LogP contribution in [0.25, 0.3) is 0 Å². The average molecular weight is 289 g/mol. The molecular weight excluding hydrogens is 262 g/mol. The van der Waals surface area contributed by atoms with Gasteiger partial charge in [0, 0.05) is 13.1 Å². The number of hydrogen-bond donors (Lipinski definition) is 1. The standard InChI is InChI=1S/C17H27N3O/c1-2-13-21-16-14(18)5-6-15(19-16)20-11-9-17(10-12-20)7-3-4-8-17/h5-6H,2-4,7-13,18H2,1H3. The Bertz CT molecular complexity index is 473. The van der Waals surface area contributed by atoms with Crippen molar-refractivity contribution in [2.24, 2.45) is 5.41 Å². The molecule has 1 saturated heterocycles. The Balaban J connectivity index is 1.67. The number of aromatic nitrogens is 1. The molecule has 0 bridgehead atoms. The Morgan fingerprint density at radius 1 is 1.19 bits per heavy atom. The summed E-state index contributed by atoms with van der Waals surface area (Å²) in [6.45, 7) is 4.99. The second kappa shape index (κ2) is 6.12. The fourth-order valence-corrected chi connectivity index (χ4v) is 3.77. The van der Waals surface area contributed by atoms with Crippen LogP contribution in [0.5, 0.6) is 5.88 Å². The van der Waals surface area contributed by atoms with Crippen LogP contribution < -0.4 is 15.4 Å². The van der Waals surface area contributed by atoms with E-state index in [2.05, 4.69) is 16.8 Å². The highest BCUT2D eigenvalue weighted by Crippen LogP contribution is 2.46. The van der Waals surface area contributed by atoms with Crippen molar-refractivity contribution in [2.45, 2.75) is 51.9 Å². The summed E-state index contributed by atoms with van der Waals surface area (Å²) in [6.07, 6.45) is 9.30. The van der Waals surface area contributed by atoms with Gasteiger partial charge in [-0.25, -0.2) is 0 Å². The van der Waals surface area contributed by atoms with Gasteiger partial charge in [0.25, 0.3) is 0 Å². The molecule has 1 aromatic rings. The summed E-state index contributed by atoms with van der Waals surface area (Å²) in [5.74, 6) is 1.61. The van der Waals surface area contributed by atoms with Crippen LogP contribution in [0.4, 0.5) is 11.5 Å². The minimum atomic E-state index is 0.593. The summed E-state index contributed by atoms with van der Waals surface area (Å²) in [5.41, 5.74) is 7.23. The highest BCUT2D eigenvalue weighted by molar-refractivity contribution is 5.54. The molecule has 0 amide bonds. The van der Waals surface area contributed by atoms with E-state index < -0.39 is 0 Å². The summed E-state index contributed by atoms with van der Waals surface area (Å²) in [7, 11) is 0. The van der Waals surface area contributed by atoms with Crippen LogP contribution in [0.2, 0.25) is 0 Å². The Morgan fingerprint density at radius 3 is 2.57 bits per heavy atom. The zero-order chi connectivity index (χ0) is 14.7. The molecule has 0 unspecified atom stereocenters. The molecule has 0 atom stereocenters. The summed E-state index contributed by atoms with van der Waals surface area (Å²) in [4.78, 5) is 7.02. The largest absolute Gasteiger partial charge is 0.476 e. The minimum absolute atomic E-state index is 0.593. The molecule has 1 aliphatic heterocycles. The van der Waals surface area contributed by atoms with E-state index in [1.165, 1.54) is 38.5 Å². The number of nitrogen functional groups attached to an aromatic ring is 1. The number of ether oxygens (including phenoxy) is 1. The number of anilines is 2. The second-order valence-electron chi connectivity index (χ2n) is 6.61. The number of pyridine rings is 1. The molecule has 4 heteroatoms. The van der Waals surface area contributed by atoms with Crippen LogP contribution in [0.15, 0.2) is 12.1 Å². The molecule has 0 aromatic carbocycles. The smallest absolute Gasteiger partial charge is 0.239 e. The second-order valence-corrected chi connectivity index (χ2v) is 6.61. The number of nitrogens with two attached hydrogens (primary N) is 1. The Kier molecular flexibility index (Phi) is 4.22. The maximum atomic E-state index is 5.95. The van der Waals surface area contributed by atoms with Crippen LogP contribution in [0.1, 0.15) is 51.9 Å². The van der Waals surface area contributed by atoms with Crippen molar-refractivity contribution in [1.29, 1.82) is 0 Å². The molecule has 1 aliphatic carbocycles. The topological polar surface area (TPSA) is 51.4 Å². The lowest BCUT2D eigenvalue weighted by molar-refractivity contribution is 0.226. The summed E-state index contributed by atoms with van der Waals surface area (Å²) in [5, 5.41) is 0. The van der Waals surface area contributed by atoms with Gasteiger partial charge < -0.3 is 15.4 Å². The predicted octanol–water partition coefficient (Wildman–Crippen LogP) is 3.61. The monoisotopic (exact) mass is 289 g/mol. The van der Waals surface area contributed by atoms with Crippen LogP contribution in [-0.4, -0.2) is 24.7 Å². The van der Waals surface area contributed by atoms with Gasteiger partial charge in [0.05, 0.1) is 12.3 Å². The molecule has 21 heavy (non-hydrogen) atoms. The molecular formula is C17H27N3O. The predicted molar refractivity (Wildman–Crippen MR) is 86.8 cm³/mol. The van der Waals surface area contributed by atoms with Crippen molar-refractivity contribution >= 4 is 11.5 Å². The van der Waals surface area contributed by atoms with Gasteiger partial charge in [0.15, 0.2) is 0 Å². The number of rotatable bonds is 4. The fraction of sp³-hybridized carbons (Fsp3) is 0.706. The van der Waals surface area contributed by atoms with Crippen LogP contribution in [0, 0.1) is 5.41 Å². The minimum Gasteiger partial charge on any atom is -0.476 e. The lowest BCUT2D eigenvalue weighted by Gasteiger charge is -2.40. The van der Waals surface area contributed by atoms with Gasteiger partial charge in [-0.05, 0) is 49.7 Å². The first-order valence-corrected chi connectivity index (χ1v) is 8.37. The lowest BCUT2D eigenvalue weighted by Crippen LogP contribution is -2.39. The molecule has 1 spiro atoms. The Labute approximate surface area is 127 Å². The van der Waals surface area contributed by atoms with E-state index in [0.717, 1.165) is 25.3 Å². The molecule has 2 fully saturated rings. The van der Waals surface area contributed by atoms with Gasteiger partial charge in [-0.3, -0.25) is 0 Å². The van der Waals surface area contributed by atoms with E-state index in [0.29, 0.717) is 23.6 Å². The van der Waals surface area contributed by atoms with Crippen molar-refractivity contribution < 1.29 is 4.74 Å². The summed E-state index contributed by atoms with van der Waals surface area (Å²) in [6, 6.07) is 3.95. The zero-order valence-electron chi connectivity index (χ0n) is 13.1. The Morgan fingerprint density at radius 2 is 1.90 bits per heavy atom. The molecule has 1 aromatic heterocycles. The number of piperidine rings is 1. The van der Waals surface area contributed by atoms with E-state index in [1.807, 2.05) is 12.1 Å². The van der Waals surface area contributed by atoms with Crippen molar-refractivity contribution in [3.8, 4) is 5.88 Å². The molecule has 116 valence electrons. The van der Waals surface area contributed by atoms with Crippen molar-refractivity contribution in [1.82, 2.24) is 4.98 Å². The first kappa shape index (κ1) is 14.5. The SMILES string of the molecule is CCCOc1nc(N2CCC3(CCCC3)CC2)ccc1N. The van der Waals surface area contributed by atoms with E-state index in [4.69, 9.17) is 10.5 Å². The van der Waals surface area contributed by atoms with E-state index in [-0.39, 0.29) is 0 Å². The van der Waals surface area contributed by atoms with Gasteiger partial charge >= 0.3 is 0 Å². The maximum Gasteiger partial charge on any atom is 0.239 e. The van der Waals surface area contributed by atoms with Gasteiger partial charge in [-0.2, -0.15) is 4.98 Å². The van der Waals surface area contributed by atoms with E-state index >= 15 is 0 Å². The average Bonchev–Trinajstić information content (AvgIpc) is 2.96. The van der Waals surface area contributed by atoms with Crippen LogP contribution >= 0.6 is 0 Å². The molecule has 4 nitrogen and oxygen atoms in total. The highest BCUT2D eigenvalue weighted by Gasteiger charge is 2.37. The fourth-order valence-electron chi connectivity index (χ4n) is 3.77. The first-order chi connectivity index (χ1) is 10.2. The zero-order valence-corrected chi connectivity index (χ0v) is 13.1. The molecule has 2 aliphatic rings. The molecule has 0 radical (unpaired) electrons. The summed E-state index contributed by atoms with van der Waals surface area (Å²) >= 11 is 0. The first-order valence-electron chi connectivity index (χ1n) is 8.37. The van der Waals surface area contributed by atoms with Crippen molar-refractivity contribution in [3.63, 3.8) is 0 Å². The normalized spacial score (nSPS) is 20.9.